The molecule has 682 valence electrons. The van der Waals surface area contributed by atoms with Crippen molar-refractivity contribution in [1.82, 2.24) is 31.9 Å². The summed E-state index contributed by atoms with van der Waals surface area (Å²) < 4.78 is 57.7. The van der Waals surface area contributed by atoms with Crippen LogP contribution in [0.1, 0.15) is 121 Å². The highest BCUT2D eigenvalue weighted by molar-refractivity contribution is 6.32. The van der Waals surface area contributed by atoms with Crippen LogP contribution < -0.4 is 61.3 Å². The molecule has 9 aliphatic heterocycles. The standard InChI is InChI=1S/C85H91Cl2N7O31.CO2/c1-3-4-5-6-63(105)92-68-74(110)71(107)61(31-96)122-84(68)125-78-58-23-39-24-59(78)119-55-14-10-37(21-48(55)87)77(124-83-67(90-33(2)98)73(109)70(106)60(30-95)121-83)69-82(116)89-29-40-18-42(100)26-57(120-85-76(112)75(111)72(108)62(32-97)123-85)64(40)46-20-35(8-11-50(46)101)44(79(113)94-69)28-53(104)66(39)93-80(114)45-27-52(103)49(16-34-7-13-54(118-58)47(86)15-34)91-81(115)65(88)36-9-12-51(102)56(22-36)117-43-19-38(45)17-41(99)25-43;2-1-3/h7-15,17-26,44-45,49,60-62,65-77,83-85,95-97,99-102,106-112H,3-6,16,27-32,88H2,1-2H3,(H,89,116)(H,90,98)(H,91,115)(H,92,105)(H,93,114)(H,94,113);/t44-,45+,49-,60?,61?,62?,65-,66-,67?,68?,69+,70-,71-,72-,73-,74-,75?,76-,77-,83+,84+,85+;/m1./s1. The molecule has 0 radical (unpaired) electrons. The number of rotatable bonds is 15. The van der Waals surface area contributed by atoms with Crippen LogP contribution in [0.3, 0.4) is 0 Å². The molecule has 0 saturated carbocycles. The first-order chi connectivity index (χ1) is 61.1. The Morgan fingerprint density at radius 3 is 1.76 bits per heavy atom. The van der Waals surface area contributed by atoms with Crippen molar-refractivity contribution >= 4 is 76.4 Å². The normalized spacial score (nSPS) is 28.7. The van der Waals surface area contributed by atoms with Crippen molar-refractivity contribution in [1.29, 1.82) is 0 Å². The number of amides is 6. The van der Waals surface area contributed by atoms with Crippen LogP contribution in [-0.2, 0) is 79.9 Å². The number of unbranched alkanes of at least 4 members (excludes halogenated alkanes) is 2. The van der Waals surface area contributed by atoms with E-state index in [2.05, 4.69) is 31.9 Å². The van der Waals surface area contributed by atoms with Crippen molar-refractivity contribution in [3.05, 3.63) is 164 Å². The molecule has 9 heterocycles. The second-order valence-corrected chi connectivity index (χ2v) is 32.3. The number of aliphatic hydroxyl groups excluding tert-OH is 10. The van der Waals surface area contributed by atoms with Gasteiger partial charge in [-0.15, -0.1) is 0 Å². The SMILES string of the molecule is CCCCCC(=O)NC1[C@H](Oc2c3cc4cc2Oc2ccc(cc2Cl)[C@@H](O[C@@H]2OC(CO)[C@@H](O)[C@H](O)C2NC(C)=O)[C@@H]2NC(=O)[C@H](CC(=O)[C@@H]4NC(=O)[C@H]4CC(=O)[C@@H](Cc5ccc(c(Cl)c5)O3)NC(=O)[C@H](N)c3ccc(O)c(c3)Oc3cc(O)cc4c3)c3ccc(O)c(c3)-c3c(cc(O)cc3O[C@H]3OC(CO)[C@@H](O)C(O)[C@H]3O)CNC2=O)OC(CO)[C@@H](O)[C@@H]1O.O=C=O. The number of hydrogen-bond donors (Lipinski definition) is 21. The van der Waals surface area contributed by atoms with Crippen molar-refractivity contribution in [2.75, 3.05) is 19.8 Å². The molecule has 0 spiro atoms. The van der Waals surface area contributed by atoms with Crippen LogP contribution in [0, 0.1) is 0 Å². The third-order valence-electron chi connectivity index (χ3n) is 22.7. The van der Waals surface area contributed by atoms with E-state index in [9.17, 15) is 85.9 Å². The van der Waals surface area contributed by atoms with Crippen LogP contribution in [0.4, 0.5) is 0 Å². The minimum absolute atomic E-state index is 0.0718. The molecule has 22 atom stereocenters. The molecular formula is C86H91Cl2N7O33. The highest BCUT2D eigenvalue weighted by Gasteiger charge is 2.52. The number of aromatic hydroxyl groups is 4. The van der Waals surface area contributed by atoms with Gasteiger partial charge in [0.25, 0.3) is 0 Å². The van der Waals surface area contributed by atoms with Gasteiger partial charge in [0.2, 0.25) is 53.8 Å². The maximum absolute atomic E-state index is 17.0. The molecule has 9 aliphatic rings. The summed E-state index contributed by atoms with van der Waals surface area (Å²) in [5, 5.41) is 174. The number of phenolic OH excluding ortho intramolecular Hbond substituents is 4. The predicted octanol–water partition coefficient (Wildman–Crippen LogP) is 1.17. The first-order valence-corrected chi connectivity index (χ1v) is 41.1. The Bertz CT molecular complexity index is 5410. The van der Waals surface area contributed by atoms with E-state index in [1.165, 1.54) is 60.7 Å². The minimum atomic E-state index is -2.29. The van der Waals surface area contributed by atoms with Crippen LogP contribution >= 0.6 is 23.2 Å². The Morgan fingerprint density at radius 2 is 1.11 bits per heavy atom. The second-order valence-electron chi connectivity index (χ2n) is 31.4. The molecule has 0 aromatic heterocycles. The van der Waals surface area contributed by atoms with Crippen LogP contribution in [0.15, 0.2) is 115 Å². The number of Topliss-reactive ketones (excluding diaryl/α,β-unsaturated/α-hetero) is 2. The zero-order valence-electron chi connectivity index (χ0n) is 67.8. The summed E-state index contributed by atoms with van der Waals surface area (Å²) in [5.74, 6) is -18.4. The van der Waals surface area contributed by atoms with E-state index in [1.807, 2.05) is 6.92 Å². The lowest BCUT2D eigenvalue weighted by molar-refractivity contribution is -0.284. The highest BCUT2D eigenvalue weighted by Crippen LogP contribution is 2.51. The maximum atomic E-state index is 17.0. The summed E-state index contributed by atoms with van der Waals surface area (Å²) in [4.78, 5) is 140. The van der Waals surface area contributed by atoms with E-state index < -0.39 is 289 Å². The fourth-order valence-electron chi connectivity index (χ4n) is 16.1. The molecule has 6 unspecified atom stereocenters. The molecule has 6 amide bonds. The molecule has 40 nitrogen and oxygen atoms in total. The van der Waals surface area contributed by atoms with Gasteiger partial charge in [-0.1, -0.05) is 67.2 Å². The summed E-state index contributed by atoms with van der Waals surface area (Å²) in [5.41, 5.74) is 4.97. The first kappa shape index (κ1) is 93.9. The molecule has 7 aromatic rings. The van der Waals surface area contributed by atoms with E-state index >= 15 is 24.0 Å². The Labute approximate surface area is 736 Å². The van der Waals surface area contributed by atoms with Gasteiger partial charge >= 0.3 is 6.15 Å². The molecule has 17 bridgehead atoms. The van der Waals surface area contributed by atoms with Crippen molar-refractivity contribution in [3.8, 4) is 80.1 Å². The van der Waals surface area contributed by atoms with Crippen LogP contribution in [0.25, 0.3) is 11.1 Å². The molecular weight excluding hydrogens is 1730 g/mol. The number of carbonyl (C=O) groups excluding carboxylic acids is 10. The number of nitrogens with one attached hydrogen (secondary N) is 6. The van der Waals surface area contributed by atoms with Crippen molar-refractivity contribution in [3.63, 3.8) is 0 Å². The molecule has 22 N–H and O–H groups in total. The number of hydrogen-bond acceptors (Lipinski definition) is 34. The zero-order chi connectivity index (χ0) is 92.1. The number of nitrogens with two attached hydrogens (primary N) is 1. The van der Waals surface area contributed by atoms with Gasteiger partial charge in [-0.25, -0.2) is 0 Å². The largest absolute Gasteiger partial charge is 0.508 e. The number of phenols is 4. The lowest BCUT2D eigenvalue weighted by atomic mass is 9.85. The van der Waals surface area contributed by atoms with E-state index in [0.29, 0.717) is 19.3 Å². The average molecular weight is 1820 g/mol. The van der Waals surface area contributed by atoms with Gasteiger partial charge in [-0.05, 0) is 131 Å². The van der Waals surface area contributed by atoms with Crippen LogP contribution in [-0.4, -0.2) is 249 Å². The highest BCUT2D eigenvalue weighted by atomic mass is 35.5. The lowest BCUT2D eigenvalue weighted by Crippen LogP contribution is -2.65. The fraction of sp³-hybridized carbons (Fsp3) is 0.407. The summed E-state index contributed by atoms with van der Waals surface area (Å²) in [6.45, 7) is -0.765. The smallest absolute Gasteiger partial charge is 0.373 e. The Morgan fingerprint density at radius 1 is 0.531 bits per heavy atom. The molecule has 0 aliphatic carbocycles. The third-order valence-corrected chi connectivity index (χ3v) is 23.3. The Hall–Kier alpha value is -11.7. The average Bonchev–Trinajstić information content (AvgIpc) is 0.765. The number of ketones is 2. The Balaban J connectivity index is 0.00000460. The topological polar surface area (TPSA) is 635 Å². The van der Waals surface area contributed by atoms with Crippen molar-refractivity contribution in [2.24, 2.45) is 5.73 Å². The Kier molecular flexibility index (Phi) is 29.6. The van der Waals surface area contributed by atoms with Gasteiger partial charge < -0.3 is 152 Å². The van der Waals surface area contributed by atoms with E-state index in [-0.39, 0.29) is 79.4 Å². The van der Waals surface area contributed by atoms with Gasteiger partial charge in [0, 0.05) is 56.0 Å². The number of ether oxygens (including phenoxy) is 9. The van der Waals surface area contributed by atoms with Gasteiger partial charge in [-0.2, -0.15) is 9.59 Å². The van der Waals surface area contributed by atoms with Crippen LogP contribution in [0.5, 0.6) is 69.0 Å². The van der Waals surface area contributed by atoms with E-state index in [0.717, 1.165) is 61.5 Å². The second kappa shape index (κ2) is 40.3. The number of halogens is 2. The predicted molar refractivity (Wildman–Crippen MR) is 436 cm³/mol. The maximum Gasteiger partial charge on any atom is 0.373 e. The quantitative estimate of drug-likeness (QED) is 0.0641. The lowest BCUT2D eigenvalue weighted by Gasteiger charge is -2.44. The number of benzene rings is 7. The summed E-state index contributed by atoms with van der Waals surface area (Å²) in [7, 11) is 0. The zero-order valence-corrected chi connectivity index (χ0v) is 69.3. The minimum Gasteiger partial charge on any atom is -0.508 e. The van der Waals surface area contributed by atoms with Gasteiger partial charge in [-0.3, -0.25) is 38.4 Å². The number of fused-ring (bicyclic) bond motifs is 14. The summed E-state index contributed by atoms with van der Waals surface area (Å²) in [6.07, 6.45) is -27.9. The van der Waals surface area contributed by atoms with Crippen molar-refractivity contribution < 1.29 is 162 Å². The monoisotopic (exact) mass is 1820 g/mol. The first-order valence-electron chi connectivity index (χ1n) is 40.4. The fourth-order valence-corrected chi connectivity index (χ4v) is 16.5. The molecule has 16 rings (SSSR count). The molecule has 42 heteroatoms. The number of carbonyl (C=O) groups is 8. The molecule has 3 saturated heterocycles. The van der Waals surface area contributed by atoms with Gasteiger partial charge in [0.15, 0.2) is 40.9 Å². The van der Waals surface area contributed by atoms with E-state index in [4.69, 9.17) is 81.2 Å². The molecule has 3 fully saturated rings. The van der Waals surface area contributed by atoms with Crippen LogP contribution in [0.2, 0.25) is 10.0 Å². The van der Waals surface area contributed by atoms with E-state index in [1.54, 1.807) is 0 Å². The van der Waals surface area contributed by atoms with Gasteiger partial charge in [0.1, 0.15) is 138 Å². The molecule has 128 heavy (non-hydrogen) atoms. The summed E-state index contributed by atoms with van der Waals surface area (Å²) >= 11 is 14.7. The van der Waals surface area contributed by atoms with Crippen molar-refractivity contribution in [2.45, 2.75) is 199 Å². The third kappa shape index (κ3) is 20.4. The number of aliphatic hydroxyl groups is 10. The van der Waals surface area contributed by atoms with Gasteiger partial charge in [0.05, 0.1) is 47.7 Å². The molecule has 7 aromatic carbocycles. The summed E-state index contributed by atoms with van der Waals surface area (Å²) in [6, 6.07) is 11.1.